The van der Waals surface area contributed by atoms with Crippen LogP contribution in [0.4, 0.5) is 10.5 Å². The summed E-state index contributed by atoms with van der Waals surface area (Å²) >= 11 is 1.39. The van der Waals surface area contributed by atoms with Crippen LogP contribution < -0.4 is 4.90 Å². The molecule has 0 N–H and O–H groups in total. The van der Waals surface area contributed by atoms with Crippen LogP contribution in [0.1, 0.15) is 29.1 Å². The van der Waals surface area contributed by atoms with E-state index in [0.717, 1.165) is 16.9 Å². The Morgan fingerprint density at radius 1 is 1.17 bits per heavy atom. The molecule has 0 spiro atoms. The van der Waals surface area contributed by atoms with Crippen LogP contribution in [0.15, 0.2) is 60.2 Å². The Labute approximate surface area is 177 Å². The van der Waals surface area contributed by atoms with Crippen LogP contribution in [0.5, 0.6) is 0 Å². The highest BCUT2D eigenvalue weighted by Gasteiger charge is 2.19. The minimum atomic E-state index is -0.389. The van der Waals surface area contributed by atoms with Crippen molar-refractivity contribution in [1.82, 2.24) is 14.6 Å². The average molecular weight is 420 g/mol. The first-order valence-electron chi connectivity index (χ1n) is 9.59. The first-order chi connectivity index (χ1) is 14.6. The van der Waals surface area contributed by atoms with E-state index in [2.05, 4.69) is 10.1 Å². The molecule has 0 unspecified atom stereocenters. The molecule has 0 aliphatic carbocycles. The third-order valence-corrected chi connectivity index (χ3v) is 5.52. The number of anilines is 1. The Morgan fingerprint density at radius 2 is 2.03 bits per heavy atom. The number of rotatable bonds is 6. The summed E-state index contributed by atoms with van der Waals surface area (Å²) in [5.41, 5.74) is 3.29. The van der Waals surface area contributed by atoms with Crippen LogP contribution >= 0.6 is 11.3 Å². The van der Waals surface area contributed by atoms with Crippen LogP contribution in [0.25, 0.3) is 16.9 Å². The van der Waals surface area contributed by atoms with Crippen molar-refractivity contribution in [2.75, 3.05) is 18.1 Å². The molecule has 8 heteroatoms. The van der Waals surface area contributed by atoms with E-state index in [1.807, 2.05) is 48.7 Å². The molecule has 1 aromatic carbocycles. The van der Waals surface area contributed by atoms with Gasteiger partial charge in [0.1, 0.15) is 0 Å². The zero-order chi connectivity index (χ0) is 21.1. The monoisotopic (exact) mass is 420 g/mol. The van der Waals surface area contributed by atoms with Gasteiger partial charge >= 0.3 is 6.09 Å². The molecule has 0 saturated heterocycles. The Morgan fingerprint density at radius 3 is 2.77 bits per heavy atom. The zero-order valence-electron chi connectivity index (χ0n) is 16.6. The van der Waals surface area contributed by atoms with Gasteiger partial charge in [-0.05, 0) is 43.5 Å². The minimum Gasteiger partial charge on any atom is -0.449 e. The molecule has 3 heterocycles. The molecule has 152 valence electrons. The van der Waals surface area contributed by atoms with Crippen molar-refractivity contribution < 1.29 is 14.3 Å². The van der Waals surface area contributed by atoms with Gasteiger partial charge in [0.2, 0.25) is 5.78 Å². The largest absolute Gasteiger partial charge is 0.449 e. The summed E-state index contributed by atoms with van der Waals surface area (Å²) in [7, 11) is 0. The zero-order valence-corrected chi connectivity index (χ0v) is 17.4. The van der Waals surface area contributed by atoms with Crippen molar-refractivity contribution in [2.45, 2.75) is 13.8 Å². The molecule has 0 saturated carbocycles. The summed E-state index contributed by atoms with van der Waals surface area (Å²) in [6.45, 7) is 4.47. The molecule has 30 heavy (non-hydrogen) atoms. The highest BCUT2D eigenvalue weighted by atomic mass is 32.1. The summed E-state index contributed by atoms with van der Waals surface area (Å²) in [6.07, 6.45) is 2.82. The van der Waals surface area contributed by atoms with E-state index >= 15 is 0 Å². The van der Waals surface area contributed by atoms with E-state index < -0.39 is 0 Å². The second-order valence-electron chi connectivity index (χ2n) is 6.42. The highest BCUT2D eigenvalue weighted by molar-refractivity contribution is 7.12. The molecule has 0 fully saturated rings. The predicted octanol–water partition coefficient (Wildman–Crippen LogP) is 4.67. The van der Waals surface area contributed by atoms with E-state index in [4.69, 9.17) is 4.74 Å². The fraction of sp³-hybridized carbons (Fsp3) is 0.182. The first kappa shape index (κ1) is 19.8. The van der Waals surface area contributed by atoms with E-state index in [1.165, 1.54) is 11.3 Å². The fourth-order valence-electron chi connectivity index (χ4n) is 3.26. The van der Waals surface area contributed by atoms with E-state index in [1.54, 1.807) is 34.8 Å². The molecule has 0 radical (unpaired) electrons. The number of hydrogen-bond donors (Lipinski definition) is 0. The molecular weight excluding hydrogens is 400 g/mol. The molecule has 0 atom stereocenters. The van der Waals surface area contributed by atoms with Gasteiger partial charge in [0.25, 0.3) is 0 Å². The number of nitrogens with zero attached hydrogens (tertiary/aromatic N) is 4. The summed E-state index contributed by atoms with van der Waals surface area (Å²) in [4.78, 5) is 31.7. The second kappa shape index (κ2) is 8.46. The summed E-state index contributed by atoms with van der Waals surface area (Å²) in [5.74, 6) is -0.0992. The molecule has 4 aromatic rings. The average Bonchev–Trinajstić information content (AvgIpc) is 3.44. The number of ether oxygens (including phenoxy) is 1. The maximum Gasteiger partial charge on any atom is 0.414 e. The quantitative estimate of drug-likeness (QED) is 0.424. The lowest BCUT2D eigenvalue weighted by Crippen LogP contribution is -2.31. The van der Waals surface area contributed by atoms with Gasteiger partial charge < -0.3 is 4.74 Å². The molecule has 0 aliphatic heterocycles. The van der Waals surface area contributed by atoms with Gasteiger partial charge in [-0.15, -0.1) is 11.3 Å². The van der Waals surface area contributed by atoms with Crippen molar-refractivity contribution in [3.8, 4) is 11.3 Å². The van der Waals surface area contributed by atoms with Gasteiger partial charge in [-0.2, -0.15) is 5.10 Å². The van der Waals surface area contributed by atoms with Crippen molar-refractivity contribution in [1.29, 1.82) is 0 Å². The first-order valence-corrected chi connectivity index (χ1v) is 10.5. The Hall–Kier alpha value is -3.52. The maximum atomic E-state index is 12.8. The number of aromatic nitrogens is 3. The van der Waals surface area contributed by atoms with Gasteiger partial charge in [-0.3, -0.25) is 9.69 Å². The van der Waals surface area contributed by atoms with Crippen molar-refractivity contribution in [3.05, 3.63) is 70.7 Å². The number of thiophene rings is 1. The minimum absolute atomic E-state index is 0.0992. The Balaban J connectivity index is 1.76. The molecule has 3 aromatic heterocycles. The molecular formula is C22H20N4O3S. The fourth-order valence-corrected chi connectivity index (χ4v) is 3.94. The van der Waals surface area contributed by atoms with E-state index in [-0.39, 0.29) is 11.9 Å². The number of fused-ring (bicyclic) bond motifs is 1. The van der Waals surface area contributed by atoms with Crippen LogP contribution in [0.3, 0.4) is 0 Å². The van der Waals surface area contributed by atoms with Gasteiger partial charge in [0.15, 0.2) is 5.65 Å². The van der Waals surface area contributed by atoms with Gasteiger partial charge in [0.05, 0.1) is 28.9 Å². The lowest BCUT2D eigenvalue weighted by Gasteiger charge is -2.20. The lowest BCUT2D eigenvalue weighted by molar-refractivity contribution is 0.104. The Kier molecular flexibility index (Phi) is 5.58. The molecule has 4 rings (SSSR count). The number of benzene rings is 1. The van der Waals surface area contributed by atoms with Crippen LogP contribution in [0, 0.1) is 0 Å². The summed E-state index contributed by atoms with van der Waals surface area (Å²) < 4.78 is 6.81. The SMILES string of the molecule is CCOC(=O)N(CC)c1cccc(-c2ccnc3c(C(=O)c4cccs4)cnn23)c1. The highest BCUT2D eigenvalue weighted by Crippen LogP contribution is 2.27. The lowest BCUT2D eigenvalue weighted by atomic mass is 10.1. The smallest absolute Gasteiger partial charge is 0.414 e. The standard InChI is InChI=1S/C22H20N4O3S/c1-3-25(22(28)29-4-2)16-8-5-7-15(13-16)18-10-11-23-21-17(14-24-26(18)21)20(27)19-9-6-12-30-19/h5-14H,3-4H2,1-2H3. The molecule has 0 aliphatic rings. The maximum absolute atomic E-state index is 12.8. The normalized spacial score (nSPS) is 10.9. The summed E-state index contributed by atoms with van der Waals surface area (Å²) in [6, 6.07) is 13.0. The Bertz CT molecular complexity index is 1200. The van der Waals surface area contributed by atoms with Crippen LogP contribution in [-0.2, 0) is 4.74 Å². The van der Waals surface area contributed by atoms with Crippen molar-refractivity contribution in [3.63, 3.8) is 0 Å². The number of ketones is 1. The predicted molar refractivity (Wildman–Crippen MR) is 116 cm³/mol. The van der Waals surface area contributed by atoms with E-state index in [9.17, 15) is 9.59 Å². The third-order valence-electron chi connectivity index (χ3n) is 4.65. The topological polar surface area (TPSA) is 76.8 Å². The number of carbonyl (C=O) groups excluding carboxylic acids is 2. The van der Waals surface area contributed by atoms with Crippen molar-refractivity contribution >= 4 is 34.5 Å². The molecule has 0 bridgehead atoms. The van der Waals surface area contributed by atoms with Gasteiger partial charge in [0, 0.05) is 24.0 Å². The second-order valence-corrected chi connectivity index (χ2v) is 7.37. The number of amides is 1. The van der Waals surface area contributed by atoms with Gasteiger partial charge in [-0.25, -0.2) is 14.3 Å². The van der Waals surface area contributed by atoms with Crippen LogP contribution in [-0.4, -0.2) is 39.6 Å². The molecule has 1 amide bonds. The number of carbonyl (C=O) groups is 2. The third kappa shape index (κ3) is 3.57. The van der Waals surface area contributed by atoms with Gasteiger partial charge in [-0.1, -0.05) is 18.2 Å². The van der Waals surface area contributed by atoms with Crippen molar-refractivity contribution in [2.24, 2.45) is 0 Å². The van der Waals surface area contributed by atoms with Crippen LogP contribution in [0.2, 0.25) is 0 Å². The molecule has 7 nitrogen and oxygen atoms in total. The number of hydrogen-bond acceptors (Lipinski definition) is 6. The summed E-state index contributed by atoms with van der Waals surface area (Å²) in [5, 5.41) is 6.29. The van der Waals surface area contributed by atoms with E-state index in [0.29, 0.717) is 29.2 Å².